The molecule has 0 aliphatic rings. The lowest BCUT2D eigenvalue weighted by Crippen LogP contribution is -1.97. The quantitative estimate of drug-likeness (QED) is 0.268. The van der Waals surface area contributed by atoms with E-state index in [1.165, 1.54) is 0 Å². The fraction of sp³-hybridized carbons (Fsp3) is 0. The molecule has 0 unspecified atom stereocenters. The largest absolute Gasteiger partial charge is 0.457 e. The second-order valence-corrected chi connectivity index (χ2v) is 8.07. The van der Waals surface area contributed by atoms with Gasteiger partial charge < -0.3 is 4.74 Å². The summed E-state index contributed by atoms with van der Waals surface area (Å²) in [5.41, 5.74) is 4.08. The SMILES string of the molecule is c1ccc(-n2ccnc2-c2cccc(Oc3cccc(-c4nccn4-c4ccccc4)c3)c2)cc1. The van der Waals surface area contributed by atoms with Crippen LogP contribution in [0.2, 0.25) is 0 Å². The van der Waals surface area contributed by atoms with E-state index in [0.29, 0.717) is 0 Å². The first-order valence-electron chi connectivity index (χ1n) is 11.4. The molecule has 5 nitrogen and oxygen atoms in total. The van der Waals surface area contributed by atoms with E-state index in [4.69, 9.17) is 4.74 Å². The first-order valence-corrected chi connectivity index (χ1v) is 11.4. The van der Waals surface area contributed by atoms with Gasteiger partial charge in [0.2, 0.25) is 0 Å². The predicted molar refractivity (Wildman–Crippen MR) is 138 cm³/mol. The van der Waals surface area contributed by atoms with Gasteiger partial charge in [-0.3, -0.25) is 9.13 Å². The highest BCUT2D eigenvalue weighted by molar-refractivity contribution is 5.63. The maximum atomic E-state index is 6.27. The van der Waals surface area contributed by atoms with Crippen LogP contribution in [0.3, 0.4) is 0 Å². The van der Waals surface area contributed by atoms with Crippen molar-refractivity contribution in [2.24, 2.45) is 0 Å². The summed E-state index contributed by atoms with van der Waals surface area (Å²) < 4.78 is 10.4. The van der Waals surface area contributed by atoms with E-state index in [1.807, 2.05) is 110 Å². The third-order valence-corrected chi connectivity index (χ3v) is 5.77. The molecular weight excluding hydrogens is 432 g/mol. The maximum Gasteiger partial charge on any atom is 0.144 e. The Hall–Kier alpha value is -4.90. The molecule has 35 heavy (non-hydrogen) atoms. The summed E-state index contributed by atoms with van der Waals surface area (Å²) in [4.78, 5) is 9.19. The van der Waals surface area contributed by atoms with Gasteiger partial charge in [-0.1, -0.05) is 60.7 Å². The van der Waals surface area contributed by atoms with Crippen molar-refractivity contribution in [3.63, 3.8) is 0 Å². The van der Waals surface area contributed by atoms with Gasteiger partial charge in [-0.15, -0.1) is 0 Å². The predicted octanol–water partition coefficient (Wildman–Crippen LogP) is 7.18. The number of hydrogen-bond donors (Lipinski definition) is 0. The lowest BCUT2D eigenvalue weighted by atomic mass is 10.1. The molecule has 0 spiro atoms. The van der Waals surface area contributed by atoms with Crippen molar-refractivity contribution in [1.82, 2.24) is 19.1 Å². The third kappa shape index (κ3) is 4.23. The Labute approximate surface area is 203 Å². The zero-order chi connectivity index (χ0) is 23.5. The van der Waals surface area contributed by atoms with Crippen molar-refractivity contribution in [3.05, 3.63) is 134 Å². The zero-order valence-corrected chi connectivity index (χ0v) is 18.9. The summed E-state index contributed by atoms with van der Waals surface area (Å²) in [7, 11) is 0. The molecule has 2 aromatic heterocycles. The third-order valence-electron chi connectivity index (χ3n) is 5.77. The molecule has 6 rings (SSSR count). The summed E-state index contributed by atoms with van der Waals surface area (Å²) in [5.74, 6) is 3.21. The highest BCUT2D eigenvalue weighted by Gasteiger charge is 2.11. The summed E-state index contributed by atoms with van der Waals surface area (Å²) in [5, 5.41) is 0. The minimum absolute atomic E-state index is 0.744. The van der Waals surface area contributed by atoms with Crippen molar-refractivity contribution in [1.29, 1.82) is 0 Å². The van der Waals surface area contributed by atoms with Crippen molar-refractivity contribution in [2.75, 3.05) is 0 Å². The Kier molecular flexibility index (Phi) is 5.41. The molecule has 5 heteroatoms. The maximum absolute atomic E-state index is 6.27. The number of imidazole rings is 2. The van der Waals surface area contributed by atoms with Crippen molar-refractivity contribution in [3.8, 4) is 45.6 Å². The molecule has 0 amide bonds. The van der Waals surface area contributed by atoms with Gasteiger partial charge in [-0.25, -0.2) is 9.97 Å². The zero-order valence-electron chi connectivity index (χ0n) is 18.9. The Bertz CT molecular complexity index is 1450. The van der Waals surface area contributed by atoms with Gasteiger partial charge in [0.25, 0.3) is 0 Å². The molecule has 0 bridgehead atoms. The summed E-state index contributed by atoms with van der Waals surface area (Å²) in [6, 6.07) is 36.4. The summed E-state index contributed by atoms with van der Waals surface area (Å²) in [6.45, 7) is 0. The van der Waals surface area contributed by atoms with Crippen LogP contribution < -0.4 is 4.74 Å². The van der Waals surface area contributed by atoms with E-state index in [-0.39, 0.29) is 0 Å². The summed E-state index contributed by atoms with van der Waals surface area (Å²) in [6.07, 6.45) is 7.56. The highest BCUT2D eigenvalue weighted by atomic mass is 16.5. The van der Waals surface area contributed by atoms with E-state index in [1.54, 1.807) is 0 Å². The molecule has 0 saturated heterocycles. The number of benzene rings is 4. The number of hydrogen-bond acceptors (Lipinski definition) is 3. The van der Waals surface area contributed by atoms with Crippen LogP contribution in [0, 0.1) is 0 Å². The Morgan fingerprint density at radius 3 is 1.40 bits per heavy atom. The molecule has 168 valence electrons. The molecule has 0 fully saturated rings. The second-order valence-electron chi connectivity index (χ2n) is 8.07. The monoisotopic (exact) mass is 454 g/mol. The number of rotatable bonds is 6. The Morgan fingerprint density at radius 2 is 0.943 bits per heavy atom. The van der Waals surface area contributed by atoms with Crippen molar-refractivity contribution < 1.29 is 4.74 Å². The smallest absolute Gasteiger partial charge is 0.144 e. The van der Waals surface area contributed by atoms with Crippen LogP contribution in [0.25, 0.3) is 34.2 Å². The average Bonchev–Trinajstić information content (AvgIpc) is 3.61. The highest BCUT2D eigenvalue weighted by Crippen LogP contribution is 2.30. The van der Waals surface area contributed by atoms with Crippen molar-refractivity contribution in [2.45, 2.75) is 0 Å². The Morgan fingerprint density at radius 1 is 0.486 bits per heavy atom. The number of ether oxygens (including phenoxy) is 1. The lowest BCUT2D eigenvalue weighted by Gasteiger charge is -2.12. The van der Waals surface area contributed by atoms with Crippen LogP contribution in [-0.4, -0.2) is 19.1 Å². The molecular formula is C30H22N4O. The Balaban J connectivity index is 1.29. The molecule has 0 radical (unpaired) electrons. The van der Waals surface area contributed by atoms with Crippen LogP contribution >= 0.6 is 0 Å². The van der Waals surface area contributed by atoms with E-state index in [2.05, 4.69) is 43.4 Å². The molecule has 0 aliphatic heterocycles. The van der Waals surface area contributed by atoms with Crippen LogP contribution in [0.5, 0.6) is 11.5 Å². The van der Waals surface area contributed by atoms with E-state index in [0.717, 1.165) is 45.6 Å². The van der Waals surface area contributed by atoms with Gasteiger partial charge in [-0.2, -0.15) is 0 Å². The minimum atomic E-state index is 0.744. The van der Waals surface area contributed by atoms with Crippen LogP contribution in [-0.2, 0) is 0 Å². The first-order chi connectivity index (χ1) is 17.3. The lowest BCUT2D eigenvalue weighted by molar-refractivity contribution is 0.483. The molecule has 6 aromatic rings. The first kappa shape index (κ1) is 20.7. The van der Waals surface area contributed by atoms with Gasteiger partial charge in [0, 0.05) is 47.3 Å². The van der Waals surface area contributed by atoms with E-state index < -0.39 is 0 Å². The van der Waals surface area contributed by atoms with Gasteiger partial charge in [0.1, 0.15) is 23.1 Å². The molecule has 4 aromatic carbocycles. The molecule has 2 heterocycles. The van der Waals surface area contributed by atoms with E-state index in [9.17, 15) is 0 Å². The van der Waals surface area contributed by atoms with Crippen LogP contribution in [0.4, 0.5) is 0 Å². The van der Waals surface area contributed by atoms with Crippen LogP contribution in [0.1, 0.15) is 0 Å². The number of aromatic nitrogens is 4. The number of para-hydroxylation sites is 2. The van der Waals surface area contributed by atoms with Gasteiger partial charge in [0.15, 0.2) is 0 Å². The standard InChI is InChI=1S/C30H22N4O/c1-3-11-25(12-4-1)33-19-17-31-29(33)23-9-7-15-27(21-23)35-28-16-8-10-24(22-28)30-32-18-20-34(30)26-13-5-2-6-14-26/h1-22H. The van der Waals surface area contributed by atoms with Gasteiger partial charge in [-0.05, 0) is 48.5 Å². The van der Waals surface area contributed by atoms with Crippen LogP contribution in [0.15, 0.2) is 134 Å². The fourth-order valence-electron chi connectivity index (χ4n) is 4.16. The normalized spacial score (nSPS) is 10.9. The van der Waals surface area contributed by atoms with Gasteiger partial charge in [0.05, 0.1) is 0 Å². The molecule has 0 saturated carbocycles. The number of nitrogens with zero attached hydrogens (tertiary/aromatic N) is 4. The molecule has 0 aliphatic carbocycles. The summed E-state index contributed by atoms with van der Waals surface area (Å²) >= 11 is 0. The molecule has 0 atom stereocenters. The van der Waals surface area contributed by atoms with Gasteiger partial charge >= 0.3 is 0 Å². The fourth-order valence-corrected chi connectivity index (χ4v) is 4.16. The average molecular weight is 455 g/mol. The minimum Gasteiger partial charge on any atom is -0.457 e. The second kappa shape index (κ2) is 9.15. The van der Waals surface area contributed by atoms with E-state index >= 15 is 0 Å². The molecule has 0 N–H and O–H groups in total. The topological polar surface area (TPSA) is 44.9 Å². The van der Waals surface area contributed by atoms with Crippen molar-refractivity contribution >= 4 is 0 Å².